The van der Waals surface area contributed by atoms with E-state index in [2.05, 4.69) is 15.9 Å². The summed E-state index contributed by atoms with van der Waals surface area (Å²) < 4.78 is 6.17. The Kier molecular flexibility index (Phi) is 4.35. The van der Waals surface area contributed by atoms with Crippen LogP contribution in [0, 0.1) is 0 Å². The van der Waals surface area contributed by atoms with Crippen LogP contribution in [0.5, 0.6) is 5.75 Å². The van der Waals surface area contributed by atoms with Gasteiger partial charge in [0.05, 0.1) is 30.0 Å². The molecule has 0 fully saturated rings. The molecule has 104 valence electrons. The highest BCUT2D eigenvalue weighted by atomic mass is 79.9. The van der Waals surface area contributed by atoms with Crippen LogP contribution in [0.15, 0.2) is 16.6 Å². The molecule has 1 aliphatic rings. The molecule has 2 N–H and O–H groups in total. The van der Waals surface area contributed by atoms with E-state index in [-0.39, 0.29) is 12.5 Å². The number of nitrogens with zero attached hydrogens (tertiary/aromatic N) is 1. The summed E-state index contributed by atoms with van der Waals surface area (Å²) in [5.74, 6) is 0.229. The van der Waals surface area contributed by atoms with Crippen molar-refractivity contribution in [2.75, 3.05) is 18.1 Å². The molecule has 0 saturated heterocycles. The Morgan fingerprint density at radius 3 is 2.89 bits per heavy atom. The number of hydrogen-bond donors (Lipinski definition) is 2. The lowest BCUT2D eigenvalue weighted by molar-refractivity contribution is -0.126. The van der Waals surface area contributed by atoms with E-state index in [0.717, 1.165) is 0 Å². The fourth-order valence-corrected chi connectivity index (χ4v) is 2.34. The van der Waals surface area contributed by atoms with Crippen LogP contribution >= 0.6 is 27.5 Å². The summed E-state index contributed by atoms with van der Waals surface area (Å²) in [6.07, 6.45) is -1.66. The van der Waals surface area contributed by atoms with Crippen molar-refractivity contribution >= 4 is 39.1 Å². The third-order valence-electron chi connectivity index (χ3n) is 2.81. The Hall–Kier alpha value is -0.820. The average molecular weight is 351 g/mol. The second kappa shape index (κ2) is 5.66. The van der Waals surface area contributed by atoms with Crippen LogP contribution in [0.3, 0.4) is 0 Å². The monoisotopic (exact) mass is 349 g/mol. The van der Waals surface area contributed by atoms with Crippen LogP contribution < -0.4 is 9.64 Å². The van der Waals surface area contributed by atoms with Crippen molar-refractivity contribution in [2.45, 2.75) is 19.1 Å². The molecule has 0 radical (unpaired) electrons. The third kappa shape index (κ3) is 2.86. The second-order valence-corrected chi connectivity index (χ2v) is 5.54. The summed E-state index contributed by atoms with van der Waals surface area (Å²) in [5, 5.41) is 18.9. The maximum atomic E-state index is 12.1. The molecule has 2 rings (SSSR count). The molecule has 1 heterocycles. The van der Waals surface area contributed by atoms with Crippen molar-refractivity contribution < 1.29 is 19.7 Å². The zero-order valence-electron chi connectivity index (χ0n) is 10.1. The molecule has 2 unspecified atom stereocenters. The van der Waals surface area contributed by atoms with Gasteiger partial charge in [0.2, 0.25) is 0 Å². The van der Waals surface area contributed by atoms with Gasteiger partial charge in [-0.2, -0.15) is 0 Å². The van der Waals surface area contributed by atoms with Crippen LogP contribution in [0.4, 0.5) is 5.69 Å². The Bertz CT molecular complexity index is 511. The average Bonchev–Trinajstić information content (AvgIpc) is 2.37. The summed E-state index contributed by atoms with van der Waals surface area (Å²) >= 11 is 9.30. The normalized spacial score (nSPS) is 19.9. The number of ether oxygens (including phenoxy) is 1. The number of amides is 1. The molecular weight excluding hydrogens is 337 g/mol. The number of rotatable bonds is 3. The van der Waals surface area contributed by atoms with E-state index in [4.69, 9.17) is 21.4 Å². The number of aliphatic hydroxyl groups excluding tert-OH is 2. The van der Waals surface area contributed by atoms with Gasteiger partial charge in [0.25, 0.3) is 5.91 Å². The molecule has 0 aliphatic carbocycles. The Labute approximate surface area is 123 Å². The molecule has 19 heavy (non-hydrogen) atoms. The molecule has 1 amide bonds. The number of aliphatic hydroxyl groups is 2. The first-order valence-electron chi connectivity index (χ1n) is 5.70. The molecular formula is C12H13BrClNO4. The second-order valence-electron chi connectivity index (χ2n) is 4.28. The maximum absolute atomic E-state index is 12.1. The zero-order valence-corrected chi connectivity index (χ0v) is 12.5. The fourth-order valence-electron chi connectivity index (χ4n) is 1.86. The van der Waals surface area contributed by atoms with Crippen molar-refractivity contribution in [3.8, 4) is 5.75 Å². The quantitative estimate of drug-likeness (QED) is 0.868. The Morgan fingerprint density at radius 1 is 1.58 bits per heavy atom. The number of halogens is 2. The van der Waals surface area contributed by atoms with E-state index in [9.17, 15) is 9.90 Å². The first kappa shape index (κ1) is 14.6. The van der Waals surface area contributed by atoms with E-state index in [0.29, 0.717) is 20.9 Å². The molecule has 2 atom stereocenters. The minimum atomic E-state index is -1.01. The lowest BCUT2D eigenvalue weighted by Crippen LogP contribution is -2.48. The summed E-state index contributed by atoms with van der Waals surface area (Å²) in [7, 11) is 0. The highest BCUT2D eigenvalue weighted by molar-refractivity contribution is 9.10. The lowest BCUT2D eigenvalue weighted by atomic mass is 10.1. The molecule has 0 saturated carbocycles. The first-order valence-corrected chi connectivity index (χ1v) is 6.87. The van der Waals surface area contributed by atoms with Crippen molar-refractivity contribution in [3.63, 3.8) is 0 Å². The number of benzene rings is 1. The number of fused-ring (bicyclic) bond motifs is 1. The summed E-state index contributed by atoms with van der Waals surface area (Å²) in [5.41, 5.74) is 0.490. The predicted molar refractivity (Wildman–Crippen MR) is 74.7 cm³/mol. The van der Waals surface area contributed by atoms with E-state index in [1.165, 1.54) is 4.90 Å². The van der Waals surface area contributed by atoms with E-state index in [1.54, 1.807) is 19.1 Å². The predicted octanol–water partition coefficient (Wildman–Crippen LogP) is 1.57. The number of hydrogen-bond acceptors (Lipinski definition) is 4. The van der Waals surface area contributed by atoms with Crippen LogP contribution in [0.1, 0.15) is 6.92 Å². The van der Waals surface area contributed by atoms with Crippen LogP contribution in [0.2, 0.25) is 5.02 Å². The number of β-amino-alcohol motifs (C(OH)–C–C–N with tert-alkyl or cyclic N) is 1. The molecule has 0 spiro atoms. The zero-order chi connectivity index (χ0) is 14.2. The highest BCUT2D eigenvalue weighted by Gasteiger charge is 2.33. The molecule has 1 aromatic rings. The Balaban J connectivity index is 2.43. The van der Waals surface area contributed by atoms with Gasteiger partial charge in [0.15, 0.2) is 6.10 Å². The summed E-state index contributed by atoms with van der Waals surface area (Å²) in [6.45, 7) is 1.21. The maximum Gasteiger partial charge on any atom is 0.267 e. The molecule has 7 heteroatoms. The van der Waals surface area contributed by atoms with E-state index >= 15 is 0 Å². The van der Waals surface area contributed by atoms with Gasteiger partial charge in [-0.05, 0) is 35.0 Å². The van der Waals surface area contributed by atoms with Gasteiger partial charge >= 0.3 is 0 Å². The van der Waals surface area contributed by atoms with Gasteiger partial charge in [-0.3, -0.25) is 4.79 Å². The van der Waals surface area contributed by atoms with Crippen molar-refractivity contribution in [1.82, 2.24) is 0 Å². The summed E-state index contributed by atoms with van der Waals surface area (Å²) in [4.78, 5) is 13.5. The molecule has 0 bridgehead atoms. The van der Waals surface area contributed by atoms with Gasteiger partial charge in [-0.1, -0.05) is 11.6 Å². The first-order chi connectivity index (χ1) is 8.93. The lowest BCUT2D eigenvalue weighted by Gasteiger charge is -2.34. The molecule has 1 aromatic carbocycles. The number of carbonyl (C=O) groups excluding carboxylic acids is 1. The largest absolute Gasteiger partial charge is 0.479 e. The van der Waals surface area contributed by atoms with Crippen LogP contribution in [0.25, 0.3) is 0 Å². The third-order valence-corrected chi connectivity index (χ3v) is 4.01. The van der Waals surface area contributed by atoms with Gasteiger partial charge in [-0.25, -0.2) is 0 Å². The van der Waals surface area contributed by atoms with Crippen molar-refractivity contribution in [2.24, 2.45) is 0 Å². The van der Waals surface area contributed by atoms with Gasteiger partial charge in [0.1, 0.15) is 5.75 Å². The number of carbonyl (C=O) groups is 1. The highest BCUT2D eigenvalue weighted by Crippen LogP contribution is 2.40. The van der Waals surface area contributed by atoms with Crippen molar-refractivity contribution in [3.05, 3.63) is 21.6 Å². The fraction of sp³-hybridized carbons (Fsp3) is 0.417. The minimum absolute atomic E-state index is 0.00596. The number of anilines is 1. The van der Waals surface area contributed by atoms with E-state index < -0.39 is 18.8 Å². The minimum Gasteiger partial charge on any atom is -0.479 e. The standard InChI is InChI=1S/C12H13BrClNO4/c1-6-12(18)15(4-7(17)5-16)10-3-9(14)8(13)2-11(10)19-6/h2-3,6-7,16-17H,4-5H2,1H3. The van der Waals surface area contributed by atoms with Gasteiger partial charge < -0.3 is 19.8 Å². The summed E-state index contributed by atoms with van der Waals surface area (Å²) in [6, 6.07) is 3.27. The molecule has 5 nitrogen and oxygen atoms in total. The van der Waals surface area contributed by atoms with Crippen LogP contribution in [-0.4, -0.2) is 41.5 Å². The molecule has 1 aliphatic heterocycles. The van der Waals surface area contributed by atoms with E-state index in [1.807, 2.05) is 0 Å². The topological polar surface area (TPSA) is 70.0 Å². The van der Waals surface area contributed by atoms with Crippen LogP contribution in [-0.2, 0) is 4.79 Å². The van der Waals surface area contributed by atoms with Gasteiger partial charge in [0, 0.05) is 4.47 Å². The Morgan fingerprint density at radius 2 is 2.26 bits per heavy atom. The SMILES string of the molecule is CC1Oc2cc(Br)c(Cl)cc2N(CC(O)CO)C1=O. The van der Waals surface area contributed by atoms with Crippen molar-refractivity contribution in [1.29, 1.82) is 0 Å². The molecule has 0 aromatic heterocycles. The van der Waals surface area contributed by atoms with Gasteiger partial charge in [-0.15, -0.1) is 0 Å². The smallest absolute Gasteiger partial charge is 0.267 e.